The Morgan fingerprint density at radius 2 is 2.06 bits per heavy atom. The van der Waals surface area contributed by atoms with Crippen molar-refractivity contribution in [1.29, 1.82) is 0 Å². The molecule has 0 unspecified atom stereocenters. The summed E-state index contributed by atoms with van der Waals surface area (Å²) in [4.78, 5) is 8.39. The van der Waals surface area contributed by atoms with Gasteiger partial charge in [0.2, 0.25) is 0 Å². The monoisotopic (exact) mass is 240 g/mol. The van der Waals surface area contributed by atoms with Crippen LogP contribution in [-0.2, 0) is 0 Å². The zero-order valence-corrected chi connectivity index (χ0v) is 10.1. The molecule has 0 fully saturated rings. The second kappa shape index (κ2) is 3.76. The third-order valence-electron chi connectivity index (χ3n) is 2.78. The number of fused-ring (bicyclic) bond motifs is 1. The lowest BCUT2D eigenvalue weighted by Gasteiger charge is -2.05. The second-order valence-corrected chi connectivity index (χ2v) is 4.12. The van der Waals surface area contributed by atoms with E-state index in [2.05, 4.69) is 20.2 Å². The summed E-state index contributed by atoms with van der Waals surface area (Å²) >= 11 is 0. The molecule has 0 aromatic carbocycles. The van der Waals surface area contributed by atoms with Gasteiger partial charge in [-0.05, 0) is 19.9 Å². The first-order valence-electron chi connectivity index (χ1n) is 5.56. The lowest BCUT2D eigenvalue weighted by atomic mass is 10.2. The molecule has 3 aromatic rings. The van der Waals surface area contributed by atoms with Crippen LogP contribution in [-0.4, -0.2) is 24.6 Å². The van der Waals surface area contributed by atoms with Crippen LogP contribution in [0.4, 0.5) is 5.69 Å². The van der Waals surface area contributed by atoms with Gasteiger partial charge in [0.15, 0.2) is 11.5 Å². The van der Waals surface area contributed by atoms with Crippen molar-refractivity contribution >= 4 is 11.3 Å². The molecular weight excluding hydrogens is 228 g/mol. The highest BCUT2D eigenvalue weighted by atomic mass is 15.3. The molecule has 0 saturated carbocycles. The zero-order valence-electron chi connectivity index (χ0n) is 10.1. The number of nitrogens with zero attached hydrogens (tertiary/aromatic N) is 5. The molecule has 3 rings (SSSR count). The highest BCUT2D eigenvalue weighted by Gasteiger charge is 2.13. The van der Waals surface area contributed by atoms with Gasteiger partial charge in [0, 0.05) is 23.5 Å². The van der Waals surface area contributed by atoms with Crippen LogP contribution < -0.4 is 5.73 Å². The second-order valence-electron chi connectivity index (χ2n) is 4.12. The highest BCUT2D eigenvalue weighted by molar-refractivity contribution is 5.72. The Kier molecular flexibility index (Phi) is 2.22. The van der Waals surface area contributed by atoms with Gasteiger partial charge in [-0.2, -0.15) is 0 Å². The first-order chi connectivity index (χ1) is 8.66. The van der Waals surface area contributed by atoms with Crippen molar-refractivity contribution < 1.29 is 0 Å². The van der Waals surface area contributed by atoms with Gasteiger partial charge in [-0.3, -0.25) is 9.38 Å². The average molecular weight is 240 g/mol. The largest absolute Gasteiger partial charge is 0.397 e. The molecule has 3 aromatic heterocycles. The fourth-order valence-corrected chi connectivity index (χ4v) is 2.02. The van der Waals surface area contributed by atoms with Crippen LogP contribution in [0.2, 0.25) is 0 Å². The van der Waals surface area contributed by atoms with Crippen LogP contribution in [0.1, 0.15) is 11.5 Å². The standard InChI is InChI=1S/C12H12N6/c1-7-5-11-16-17-12(18(11)8(2)15-7)9-3-4-14-6-10(9)13/h3-6H,13H2,1-2H3. The normalized spacial score (nSPS) is 11.0. The van der Waals surface area contributed by atoms with Crippen molar-refractivity contribution in [3.63, 3.8) is 0 Å². The third-order valence-corrected chi connectivity index (χ3v) is 2.78. The smallest absolute Gasteiger partial charge is 0.171 e. The molecule has 0 atom stereocenters. The summed E-state index contributed by atoms with van der Waals surface area (Å²) < 4.78 is 1.89. The molecule has 0 saturated heterocycles. The predicted octanol–water partition coefficient (Wildman–Crippen LogP) is 1.39. The van der Waals surface area contributed by atoms with E-state index in [1.807, 2.05) is 30.4 Å². The number of pyridine rings is 1. The number of nitrogens with two attached hydrogens (primary N) is 1. The SMILES string of the molecule is Cc1cc2nnc(-c3ccncc3N)n2c(C)n1. The number of hydrogen-bond donors (Lipinski definition) is 1. The summed E-state index contributed by atoms with van der Waals surface area (Å²) in [7, 11) is 0. The van der Waals surface area contributed by atoms with Gasteiger partial charge in [0.05, 0.1) is 11.9 Å². The summed E-state index contributed by atoms with van der Waals surface area (Å²) in [5.74, 6) is 1.52. The fraction of sp³-hybridized carbons (Fsp3) is 0.167. The summed E-state index contributed by atoms with van der Waals surface area (Å²) in [5, 5.41) is 8.35. The van der Waals surface area contributed by atoms with Gasteiger partial charge in [-0.15, -0.1) is 10.2 Å². The predicted molar refractivity (Wildman–Crippen MR) is 67.9 cm³/mol. The average Bonchev–Trinajstić information content (AvgIpc) is 2.73. The van der Waals surface area contributed by atoms with Crippen molar-refractivity contribution in [3.05, 3.63) is 36.0 Å². The summed E-state index contributed by atoms with van der Waals surface area (Å²) in [5.41, 5.74) is 8.99. The first-order valence-corrected chi connectivity index (χ1v) is 5.56. The fourth-order valence-electron chi connectivity index (χ4n) is 2.02. The van der Waals surface area contributed by atoms with Crippen LogP contribution in [0.5, 0.6) is 0 Å². The maximum absolute atomic E-state index is 5.92. The molecule has 0 bridgehead atoms. The van der Waals surface area contributed by atoms with Crippen LogP contribution in [0, 0.1) is 13.8 Å². The lowest BCUT2D eigenvalue weighted by molar-refractivity contribution is 0.962. The maximum atomic E-state index is 5.92. The number of aromatic nitrogens is 5. The molecule has 18 heavy (non-hydrogen) atoms. The molecule has 0 amide bonds. The Morgan fingerprint density at radius 1 is 1.22 bits per heavy atom. The molecule has 0 radical (unpaired) electrons. The lowest BCUT2D eigenvalue weighted by Crippen LogP contribution is -2.01. The van der Waals surface area contributed by atoms with Gasteiger partial charge in [0.25, 0.3) is 0 Å². The van der Waals surface area contributed by atoms with Crippen molar-refractivity contribution in [2.45, 2.75) is 13.8 Å². The van der Waals surface area contributed by atoms with Gasteiger partial charge in [0.1, 0.15) is 5.82 Å². The Labute approximate surface area is 104 Å². The summed E-state index contributed by atoms with van der Waals surface area (Å²) in [6.07, 6.45) is 3.29. The van der Waals surface area contributed by atoms with Crippen molar-refractivity contribution in [2.75, 3.05) is 5.73 Å². The van der Waals surface area contributed by atoms with E-state index in [1.165, 1.54) is 0 Å². The molecule has 0 aliphatic heterocycles. The number of anilines is 1. The zero-order chi connectivity index (χ0) is 12.7. The van der Waals surface area contributed by atoms with Crippen LogP contribution in [0.15, 0.2) is 24.5 Å². The Bertz CT molecular complexity index is 731. The minimum Gasteiger partial charge on any atom is -0.397 e. The minimum absolute atomic E-state index is 0.576. The molecule has 90 valence electrons. The van der Waals surface area contributed by atoms with Crippen molar-refractivity contribution in [2.24, 2.45) is 0 Å². The van der Waals surface area contributed by atoms with Crippen molar-refractivity contribution in [3.8, 4) is 11.4 Å². The Morgan fingerprint density at radius 3 is 2.83 bits per heavy atom. The molecule has 0 aliphatic rings. The number of nitrogen functional groups attached to an aromatic ring is 1. The van der Waals surface area contributed by atoms with Crippen LogP contribution >= 0.6 is 0 Å². The first kappa shape index (κ1) is 10.6. The van der Waals surface area contributed by atoms with E-state index in [0.717, 1.165) is 22.7 Å². The van der Waals surface area contributed by atoms with Crippen LogP contribution in [0.25, 0.3) is 17.0 Å². The van der Waals surface area contributed by atoms with Gasteiger partial charge >= 0.3 is 0 Å². The minimum atomic E-state index is 0.576. The number of hydrogen-bond acceptors (Lipinski definition) is 5. The van der Waals surface area contributed by atoms with E-state index in [1.54, 1.807) is 12.4 Å². The topological polar surface area (TPSA) is 82.0 Å². The molecular formula is C12H12N6. The molecule has 2 N–H and O–H groups in total. The van der Waals surface area contributed by atoms with E-state index in [4.69, 9.17) is 5.73 Å². The molecule has 0 aliphatic carbocycles. The van der Waals surface area contributed by atoms with Gasteiger partial charge in [-0.25, -0.2) is 4.98 Å². The Hall–Kier alpha value is -2.50. The third kappa shape index (κ3) is 1.50. The quantitative estimate of drug-likeness (QED) is 0.695. The van der Waals surface area contributed by atoms with E-state index in [0.29, 0.717) is 11.5 Å². The molecule has 6 nitrogen and oxygen atoms in total. The summed E-state index contributed by atoms with van der Waals surface area (Å²) in [6, 6.07) is 3.71. The van der Waals surface area contributed by atoms with Gasteiger partial charge in [-0.1, -0.05) is 0 Å². The summed E-state index contributed by atoms with van der Waals surface area (Å²) in [6.45, 7) is 3.85. The Balaban J connectivity index is 2.35. The number of rotatable bonds is 1. The van der Waals surface area contributed by atoms with Crippen molar-refractivity contribution in [1.82, 2.24) is 24.6 Å². The van der Waals surface area contributed by atoms with E-state index >= 15 is 0 Å². The van der Waals surface area contributed by atoms with Gasteiger partial charge < -0.3 is 5.73 Å². The van der Waals surface area contributed by atoms with Crippen LogP contribution in [0.3, 0.4) is 0 Å². The molecule has 3 heterocycles. The maximum Gasteiger partial charge on any atom is 0.171 e. The van der Waals surface area contributed by atoms with E-state index < -0.39 is 0 Å². The molecule has 6 heteroatoms. The van der Waals surface area contributed by atoms with E-state index in [9.17, 15) is 0 Å². The number of aryl methyl sites for hydroxylation is 2. The highest BCUT2D eigenvalue weighted by Crippen LogP contribution is 2.24. The van der Waals surface area contributed by atoms with E-state index in [-0.39, 0.29) is 0 Å². The molecule has 0 spiro atoms.